The smallest absolute Gasteiger partial charge is 0.219 e. The molecule has 28 heavy (non-hydrogen) atoms. The van der Waals surface area contributed by atoms with Gasteiger partial charge in [0.25, 0.3) is 0 Å². The minimum atomic E-state index is 0.129. The third-order valence-corrected chi connectivity index (χ3v) is 5.50. The van der Waals surface area contributed by atoms with E-state index in [-0.39, 0.29) is 11.8 Å². The van der Waals surface area contributed by atoms with Crippen molar-refractivity contribution in [2.45, 2.75) is 33.1 Å². The van der Waals surface area contributed by atoms with Gasteiger partial charge in [-0.15, -0.1) is 0 Å². The molecule has 1 amide bonds. The Hall–Kier alpha value is -2.96. The van der Waals surface area contributed by atoms with Crippen molar-refractivity contribution >= 4 is 22.8 Å². The van der Waals surface area contributed by atoms with E-state index in [1.807, 2.05) is 46.1 Å². The Morgan fingerprint density at radius 1 is 1.11 bits per heavy atom. The molecule has 1 aliphatic heterocycles. The number of hydrogen-bond donors (Lipinski definition) is 0. The summed E-state index contributed by atoms with van der Waals surface area (Å²) in [7, 11) is 0. The molecule has 1 saturated heterocycles. The van der Waals surface area contributed by atoms with E-state index in [0.29, 0.717) is 13.1 Å². The van der Waals surface area contributed by atoms with Crippen molar-refractivity contribution in [1.82, 2.24) is 24.6 Å². The number of rotatable bonds is 4. The first kappa shape index (κ1) is 18.4. The topological polar surface area (TPSA) is 67.2 Å². The molecule has 1 aliphatic rings. The molecule has 7 nitrogen and oxygen atoms in total. The predicted molar refractivity (Wildman–Crippen MR) is 110 cm³/mol. The van der Waals surface area contributed by atoms with Crippen molar-refractivity contribution in [3.8, 4) is 5.69 Å². The van der Waals surface area contributed by atoms with Gasteiger partial charge >= 0.3 is 0 Å². The number of anilines is 1. The third kappa shape index (κ3) is 3.32. The maximum absolute atomic E-state index is 11.7. The van der Waals surface area contributed by atoms with Gasteiger partial charge in [0.05, 0.1) is 17.3 Å². The van der Waals surface area contributed by atoms with Gasteiger partial charge in [0.1, 0.15) is 11.6 Å². The van der Waals surface area contributed by atoms with Crippen LogP contribution in [0.4, 0.5) is 5.82 Å². The standard InChI is InChI=1S/C21H26N6O/c1-4-15(2)19-23-20(26-12-10-25(11-13-26)16(3)28)18-14-22-27(21(18)24-19)17-8-6-5-7-9-17/h5-9,14-15H,4,10-13H2,1-3H3. The molecule has 0 saturated carbocycles. The number of benzene rings is 1. The van der Waals surface area contributed by atoms with Gasteiger partial charge in [-0.05, 0) is 18.6 Å². The van der Waals surface area contributed by atoms with Gasteiger partial charge in [-0.3, -0.25) is 4.79 Å². The summed E-state index contributed by atoms with van der Waals surface area (Å²) < 4.78 is 1.89. The molecule has 4 rings (SSSR count). The Morgan fingerprint density at radius 2 is 1.82 bits per heavy atom. The summed E-state index contributed by atoms with van der Waals surface area (Å²) in [5.74, 6) is 2.16. The van der Waals surface area contributed by atoms with Crippen LogP contribution >= 0.6 is 0 Å². The van der Waals surface area contributed by atoms with Crippen molar-refractivity contribution in [2.24, 2.45) is 0 Å². The van der Waals surface area contributed by atoms with Gasteiger partial charge in [-0.25, -0.2) is 14.6 Å². The van der Waals surface area contributed by atoms with Crippen LogP contribution in [-0.2, 0) is 4.79 Å². The average molecular weight is 378 g/mol. The predicted octanol–water partition coefficient (Wildman–Crippen LogP) is 3.00. The van der Waals surface area contributed by atoms with E-state index in [2.05, 4.69) is 23.8 Å². The Kier molecular flexibility index (Phi) is 4.98. The molecule has 0 aliphatic carbocycles. The normalized spacial score (nSPS) is 15.8. The number of fused-ring (bicyclic) bond motifs is 1. The van der Waals surface area contributed by atoms with E-state index in [1.165, 1.54) is 0 Å². The first-order valence-electron chi connectivity index (χ1n) is 9.90. The SMILES string of the molecule is CCC(C)c1nc(N2CCN(C(C)=O)CC2)c2cnn(-c3ccccc3)c2n1. The summed E-state index contributed by atoms with van der Waals surface area (Å²) >= 11 is 0. The monoisotopic (exact) mass is 378 g/mol. The average Bonchev–Trinajstić information content (AvgIpc) is 3.17. The molecule has 0 bridgehead atoms. The molecule has 1 aromatic carbocycles. The molecule has 0 spiro atoms. The lowest BCUT2D eigenvalue weighted by atomic mass is 10.1. The second-order valence-corrected chi connectivity index (χ2v) is 7.34. The molecular formula is C21H26N6O. The van der Waals surface area contributed by atoms with E-state index in [1.54, 1.807) is 6.92 Å². The fourth-order valence-corrected chi connectivity index (χ4v) is 3.54. The minimum absolute atomic E-state index is 0.129. The van der Waals surface area contributed by atoms with Crippen molar-refractivity contribution in [1.29, 1.82) is 0 Å². The largest absolute Gasteiger partial charge is 0.352 e. The molecule has 1 fully saturated rings. The van der Waals surface area contributed by atoms with E-state index < -0.39 is 0 Å². The number of nitrogens with zero attached hydrogens (tertiary/aromatic N) is 6. The summed E-state index contributed by atoms with van der Waals surface area (Å²) in [6.07, 6.45) is 2.83. The minimum Gasteiger partial charge on any atom is -0.352 e. The van der Waals surface area contributed by atoms with Gasteiger partial charge in [-0.1, -0.05) is 32.0 Å². The van der Waals surface area contributed by atoms with Crippen LogP contribution in [-0.4, -0.2) is 56.7 Å². The molecule has 0 N–H and O–H groups in total. The highest BCUT2D eigenvalue weighted by molar-refractivity contribution is 5.88. The van der Waals surface area contributed by atoms with Crippen LogP contribution < -0.4 is 4.90 Å². The van der Waals surface area contributed by atoms with Gasteiger partial charge in [0, 0.05) is 39.0 Å². The Labute approximate surface area is 165 Å². The third-order valence-electron chi connectivity index (χ3n) is 5.50. The van der Waals surface area contributed by atoms with Crippen LogP contribution in [0, 0.1) is 0 Å². The molecule has 3 heterocycles. The zero-order valence-corrected chi connectivity index (χ0v) is 16.7. The number of hydrogen-bond acceptors (Lipinski definition) is 5. The Morgan fingerprint density at radius 3 is 2.46 bits per heavy atom. The van der Waals surface area contributed by atoms with Crippen LogP contribution in [0.25, 0.3) is 16.7 Å². The van der Waals surface area contributed by atoms with Crippen molar-refractivity contribution in [3.63, 3.8) is 0 Å². The lowest BCUT2D eigenvalue weighted by Crippen LogP contribution is -2.48. The number of carbonyl (C=O) groups excluding carboxylic acids is 1. The fraction of sp³-hybridized carbons (Fsp3) is 0.429. The van der Waals surface area contributed by atoms with Crippen LogP contribution in [0.1, 0.15) is 38.9 Å². The summed E-state index contributed by atoms with van der Waals surface area (Å²) in [4.78, 5) is 25.6. The Bertz CT molecular complexity index is 975. The number of para-hydroxylation sites is 1. The molecule has 7 heteroatoms. The second-order valence-electron chi connectivity index (χ2n) is 7.34. The highest BCUT2D eigenvalue weighted by atomic mass is 16.2. The maximum Gasteiger partial charge on any atom is 0.219 e. The second kappa shape index (κ2) is 7.58. The quantitative estimate of drug-likeness (QED) is 0.698. The van der Waals surface area contributed by atoms with Crippen molar-refractivity contribution in [2.75, 3.05) is 31.1 Å². The Balaban J connectivity index is 1.79. The van der Waals surface area contributed by atoms with E-state index in [0.717, 1.165) is 47.9 Å². The van der Waals surface area contributed by atoms with Crippen LogP contribution in [0.2, 0.25) is 0 Å². The number of piperazine rings is 1. The molecule has 3 aromatic rings. The number of carbonyl (C=O) groups is 1. The highest BCUT2D eigenvalue weighted by Crippen LogP contribution is 2.29. The van der Waals surface area contributed by atoms with Crippen LogP contribution in [0.3, 0.4) is 0 Å². The van der Waals surface area contributed by atoms with Gasteiger partial charge in [-0.2, -0.15) is 5.10 Å². The van der Waals surface area contributed by atoms with E-state index >= 15 is 0 Å². The van der Waals surface area contributed by atoms with Gasteiger partial charge in [0.15, 0.2) is 5.65 Å². The summed E-state index contributed by atoms with van der Waals surface area (Å²) in [5.41, 5.74) is 1.82. The molecular weight excluding hydrogens is 352 g/mol. The molecule has 0 radical (unpaired) electrons. The van der Waals surface area contributed by atoms with Crippen LogP contribution in [0.15, 0.2) is 36.5 Å². The first-order valence-corrected chi connectivity index (χ1v) is 9.90. The van der Waals surface area contributed by atoms with Gasteiger partial charge < -0.3 is 9.80 Å². The van der Waals surface area contributed by atoms with Gasteiger partial charge in [0.2, 0.25) is 5.91 Å². The van der Waals surface area contributed by atoms with Crippen molar-refractivity contribution < 1.29 is 4.79 Å². The van der Waals surface area contributed by atoms with Crippen LogP contribution in [0.5, 0.6) is 0 Å². The molecule has 1 atom stereocenters. The molecule has 146 valence electrons. The number of amides is 1. The maximum atomic E-state index is 11.7. The fourth-order valence-electron chi connectivity index (χ4n) is 3.54. The summed E-state index contributed by atoms with van der Waals surface area (Å²) in [6, 6.07) is 10.1. The van der Waals surface area contributed by atoms with E-state index in [4.69, 9.17) is 9.97 Å². The zero-order valence-electron chi connectivity index (χ0n) is 16.7. The molecule has 1 unspecified atom stereocenters. The van der Waals surface area contributed by atoms with E-state index in [9.17, 15) is 4.79 Å². The molecule has 2 aromatic heterocycles. The summed E-state index contributed by atoms with van der Waals surface area (Å²) in [5, 5.41) is 5.56. The highest BCUT2D eigenvalue weighted by Gasteiger charge is 2.24. The first-order chi connectivity index (χ1) is 13.6. The van der Waals surface area contributed by atoms with Crippen molar-refractivity contribution in [3.05, 3.63) is 42.4 Å². The zero-order chi connectivity index (χ0) is 19.7. The summed E-state index contributed by atoms with van der Waals surface area (Å²) in [6.45, 7) is 8.90. The number of aromatic nitrogens is 4. The lowest BCUT2D eigenvalue weighted by molar-refractivity contribution is -0.129. The lowest BCUT2D eigenvalue weighted by Gasteiger charge is -2.35.